The van der Waals surface area contributed by atoms with Crippen LogP contribution < -0.4 is 4.74 Å². The van der Waals surface area contributed by atoms with E-state index in [1.807, 2.05) is 36.4 Å². The third-order valence-corrected chi connectivity index (χ3v) is 4.25. The molecule has 0 saturated carbocycles. The van der Waals surface area contributed by atoms with Crippen molar-refractivity contribution in [3.8, 4) is 34.5 Å². The van der Waals surface area contributed by atoms with Gasteiger partial charge in [-0.2, -0.15) is 5.26 Å². The van der Waals surface area contributed by atoms with Gasteiger partial charge in [0.1, 0.15) is 18.2 Å². The number of benzene rings is 1. The topological polar surface area (TPSA) is 58.8 Å². The molecular weight excluding hydrogens is 334 g/mol. The predicted octanol–water partition coefficient (Wildman–Crippen LogP) is 5.37. The number of hydrogen-bond donors (Lipinski definition) is 0. The molecule has 0 aliphatic rings. The summed E-state index contributed by atoms with van der Waals surface area (Å²) in [6, 6.07) is 18.0. The molecule has 3 rings (SSSR count). The van der Waals surface area contributed by atoms with Crippen molar-refractivity contribution in [3.05, 3.63) is 78.5 Å². The summed E-state index contributed by atoms with van der Waals surface area (Å²) in [5, 5.41) is 9.75. The molecule has 4 heteroatoms. The normalized spacial score (nSPS) is 10.4. The standard InChI is InChI=1S/C23H21N3O/c1-4-13-27-23-20(15-24)19(18-10-8-17(9-11-18)16(2)3)14-22(26-23)21-7-5-6-12-25-21/h4-12,14,16H,1,13H2,2-3H3. The van der Waals surface area contributed by atoms with Gasteiger partial charge in [-0.15, -0.1) is 0 Å². The van der Waals surface area contributed by atoms with Crippen molar-refractivity contribution in [1.29, 1.82) is 5.26 Å². The van der Waals surface area contributed by atoms with Crippen LogP contribution in [0.4, 0.5) is 0 Å². The minimum absolute atomic E-state index is 0.277. The Hall–Kier alpha value is -3.45. The molecule has 27 heavy (non-hydrogen) atoms. The molecule has 0 unspecified atom stereocenters. The van der Waals surface area contributed by atoms with E-state index in [0.717, 1.165) is 16.8 Å². The molecule has 0 atom stereocenters. The van der Waals surface area contributed by atoms with Crippen LogP contribution in [0.1, 0.15) is 30.9 Å². The van der Waals surface area contributed by atoms with Crippen LogP contribution in [0.25, 0.3) is 22.5 Å². The highest BCUT2D eigenvalue weighted by atomic mass is 16.5. The van der Waals surface area contributed by atoms with Crippen LogP contribution >= 0.6 is 0 Å². The van der Waals surface area contributed by atoms with Crippen molar-refractivity contribution in [2.45, 2.75) is 19.8 Å². The zero-order valence-electron chi connectivity index (χ0n) is 15.5. The Labute approximate surface area is 159 Å². The lowest BCUT2D eigenvalue weighted by atomic mass is 9.96. The molecule has 2 aromatic heterocycles. The third-order valence-electron chi connectivity index (χ3n) is 4.25. The molecule has 3 aromatic rings. The third kappa shape index (κ3) is 4.04. The van der Waals surface area contributed by atoms with E-state index in [2.05, 4.69) is 48.6 Å². The lowest BCUT2D eigenvalue weighted by molar-refractivity contribution is 0.348. The highest BCUT2D eigenvalue weighted by Crippen LogP contribution is 2.33. The predicted molar refractivity (Wildman–Crippen MR) is 107 cm³/mol. The van der Waals surface area contributed by atoms with Gasteiger partial charge in [-0.05, 0) is 35.2 Å². The summed E-state index contributed by atoms with van der Waals surface area (Å²) in [5.41, 5.74) is 4.77. The largest absolute Gasteiger partial charge is 0.472 e. The molecule has 1 aromatic carbocycles. The van der Waals surface area contributed by atoms with Gasteiger partial charge in [0.2, 0.25) is 5.88 Å². The van der Waals surface area contributed by atoms with Crippen LogP contribution in [0, 0.1) is 11.3 Å². The fourth-order valence-electron chi connectivity index (χ4n) is 2.79. The van der Waals surface area contributed by atoms with Crippen molar-refractivity contribution in [1.82, 2.24) is 9.97 Å². The molecule has 0 amide bonds. The van der Waals surface area contributed by atoms with Crippen LogP contribution in [0.15, 0.2) is 67.4 Å². The Morgan fingerprint density at radius 2 is 1.93 bits per heavy atom. The summed E-state index contributed by atoms with van der Waals surface area (Å²) in [7, 11) is 0. The van der Waals surface area contributed by atoms with E-state index < -0.39 is 0 Å². The quantitative estimate of drug-likeness (QED) is 0.558. The fourth-order valence-corrected chi connectivity index (χ4v) is 2.79. The Bertz CT molecular complexity index is 971. The van der Waals surface area contributed by atoms with E-state index >= 15 is 0 Å². The fraction of sp³-hybridized carbons (Fsp3) is 0.174. The first-order chi connectivity index (χ1) is 13.1. The van der Waals surface area contributed by atoms with Crippen LogP contribution in [0.2, 0.25) is 0 Å². The second kappa shape index (κ2) is 8.29. The molecule has 4 nitrogen and oxygen atoms in total. The van der Waals surface area contributed by atoms with Gasteiger partial charge < -0.3 is 4.74 Å². The molecule has 0 fully saturated rings. The van der Waals surface area contributed by atoms with Crippen molar-refractivity contribution < 1.29 is 4.74 Å². The summed E-state index contributed by atoms with van der Waals surface area (Å²) in [4.78, 5) is 8.91. The van der Waals surface area contributed by atoms with E-state index in [4.69, 9.17) is 4.74 Å². The number of nitrogens with zero attached hydrogens (tertiary/aromatic N) is 3. The summed E-state index contributed by atoms with van der Waals surface area (Å²) < 4.78 is 5.68. The van der Waals surface area contributed by atoms with E-state index in [1.54, 1.807) is 12.3 Å². The molecule has 0 radical (unpaired) electrons. The second-order valence-electron chi connectivity index (χ2n) is 6.44. The molecule has 0 aliphatic carbocycles. The zero-order chi connectivity index (χ0) is 19.2. The highest BCUT2D eigenvalue weighted by Gasteiger charge is 2.17. The maximum Gasteiger partial charge on any atom is 0.233 e. The Kier molecular flexibility index (Phi) is 5.63. The SMILES string of the molecule is C=CCOc1nc(-c2ccccn2)cc(-c2ccc(C(C)C)cc2)c1C#N. The smallest absolute Gasteiger partial charge is 0.233 e. The van der Waals surface area contributed by atoms with E-state index in [-0.39, 0.29) is 6.61 Å². The number of pyridine rings is 2. The Balaban J connectivity index is 2.18. The van der Waals surface area contributed by atoms with Crippen molar-refractivity contribution in [2.75, 3.05) is 6.61 Å². The van der Waals surface area contributed by atoms with Crippen molar-refractivity contribution >= 4 is 0 Å². The molecule has 0 spiro atoms. The monoisotopic (exact) mass is 355 g/mol. The summed E-state index contributed by atoms with van der Waals surface area (Å²) >= 11 is 0. The summed E-state index contributed by atoms with van der Waals surface area (Å²) in [5.74, 6) is 0.742. The number of hydrogen-bond acceptors (Lipinski definition) is 4. The van der Waals surface area contributed by atoms with Crippen LogP contribution in [0.5, 0.6) is 5.88 Å². The molecule has 0 saturated heterocycles. The zero-order valence-corrected chi connectivity index (χ0v) is 15.5. The first-order valence-electron chi connectivity index (χ1n) is 8.84. The maximum absolute atomic E-state index is 9.75. The van der Waals surface area contributed by atoms with Crippen molar-refractivity contribution in [3.63, 3.8) is 0 Å². The van der Waals surface area contributed by atoms with Gasteiger partial charge in [-0.1, -0.05) is 56.8 Å². The van der Waals surface area contributed by atoms with Gasteiger partial charge >= 0.3 is 0 Å². The Morgan fingerprint density at radius 3 is 2.52 bits per heavy atom. The first-order valence-corrected chi connectivity index (χ1v) is 8.84. The average molecular weight is 355 g/mol. The Morgan fingerprint density at radius 1 is 1.15 bits per heavy atom. The van der Waals surface area contributed by atoms with Gasteiger partial charge in [0.25, 0.3) is 0 Å². The van der Waals surface area contributed by atoms with E-state index in [1.165, 1.54) is 5.56 Å². The number of rotatable bonds is 6. The second-order valence-corrected chi connectivity index (χ2v) is 6.44. The number of ether oxygens (including phenoxy) is 1. The maximum atomic E-state index is 9.75. The van der Waals surface area contributed by atoms with Crippen LogP contribution in [-0.4, -0.2) is 16.6 Å². The van der Waals surface area contributed by atoms with Gasteiger partial charge in [0, 0.05) is 11.8 Å². The molecule has 0 bridgehead atoms. The van der Waals surface area contributed by atoms with E-state index in [9.17, 15) is 5.26 Å². The first kappa shape index (κ1) is 18.3. The minimum Gasteiger partial charge on any atom is -0.472 e. The van der Waals surface area contributed by atoms with Gasteiger partial charge in [0.15, 0.2) is 0 Å². The highest BCUT2D eigenvalue weighted by molar-refractivity contribution is 5.77. The van der Waals surface area contributed by atoms with Gasteiger partial charge in [-0.3, -0.25) is 4.98 Å². The molecule has 134 valence electrons. The van der Waals surface area contributed by atoms with E-state index in [0.29, 0.717) is 23.1 Å². The lowest BCUT2D eigenvalue weighted by Crippen LogP contribution is -2.02. The average Bonchev–Trinajstić information content (AvgIpc) is 2.72. The number of nitriles is 1. The van der Waals surface area contributed by atoms with Crippen molar-refractivity contribution in [2.24, 2.45) is 0 Å². The minimum atomic E-state index is 0.277. The molecule has 0 aliphatic heterocycles. The lowest BCUT2D eigenvalue weighted by Gasteiger charge is -2.13. The van der Waals surface area contributed by atoms with Crippen LogP contribution in [0.3, 0.4) is 0 Å². The van der Waals surface area contributed by atoms with Gasteiger partial charge in [0.05, 0.1) is 11.4 Å². The van der Waals surface area contributed by atoms with Crippen LogP contribution in [-0.2, 0) is 0 Å². The molecule has 2 heterocycles. The number of aromatic nitrogens is 2. The summed E-state index contributed by atoms with van der Waals surface area (Å²) in [6.07, 6.45) is 3.35. The van der Waals surface area contributed by atoms with Gasteiger partial charge in [-0.25, -0.2) is 4.98 Å². The molecule has 0 N–H and O–H groups in total. The summed E-state index contributed by atoms with van der Waals surface area (Å²) in [6.45, 7) is 8.26. The molecular formula is C23H21N3O.